The number of rotatable bonds is 5. The summed E-state index contributed by atoms with van der Waals surface area (Å²) in [7, 11) is -3.43. The van der Waals surface area contributed by atoms with E-state index in [-0.39, 0.29) is 12.3 Å². The lowest BCUT2D eigenvalue weighted by Crippen LogP contribution is -2.25. The fourth-order valence-corrected chi connectivity index (χ4v) is 2.85. The van der Waals surface area contributed by atoms with Crippen molar-refractivity contribution in [3.63, 3.8) is 0 Å². The summed E-state index contributed by atoms with van der Waals surface area (Å²) in [6.07, 6.45) is 3.20. The predicted molar refractivity (Wildman–Crippen MR) is 69.5 cm³/mol. The summed E-state index contributed by atoms with van der Waals surface area (Å²) < 4.78 is 26.1. The van der Waals surface area contributed by atoms with Crippen LogP contribution in [0.1, 0.15) is 11.4 Å². The van der Waals surface area contributed by atoms with Gasteiger partial charge in [-0.25, -0.2) is 18.1 Å². The van der Waals surface area contributed by atoms with Gasteiger partial charge in [0.2, 0.25) is 10.0 Å². The average Bonchev–Trinajstić information content (AvgIpc) is 2.83. The van der Waals surface area contributed by atoms with E-state index in [2.05, 4.69) is 14.7 Å². The molecule has 1 aromatic heterocycles. The number of sulfonamides is 1. The van der Waals surface area contributed by atoms with Gasteiger partial charge >= 0.3 is 0 Å². The van der Waals surface area contributed by atoms with E-state index < -0.39 is 10.0 Å². The molecule has 0 radical (unpaired) electrons. The molecular weight excluding hydrogens is 274 g/mol. The van der Waals surface area contributed by atoms with Crippen LogP contribution in [-0.4, -0.2) is 18.4 Å². The van der Waals surface area contributed by atoms with Crippen LogP contribution in [0.25, 0.3) is 0 Å². The summed E-state index contributed by atoms with van der Waals surface area (Å²) in [5.41, 5.74) is 0.575. The molecule has 18 heavy (non-hydrogen) atoms. The third kappa shape index (κ3) is 3.56. The van der Waals surface area contributed by atoms with Crippen molar-refractivity contribution < 1.29 is 8.42 Å². The van der Waals surface area contributed by atoms with Crippen LogP contribution >= 0.6 is 11.6 Å². The number of hydrogen-bond acceptors (Lipinski definition) is 3. The van der Waals surface area contributed by atoms with Crippen LogP contribution < -0.4 is 4.72 Å². The van der Waals surface area contributed by atoms with Crippen LogP contribution in [0.2, 0.25) is 5.02 Å². The topological polar surface area (TPSA) is 74.8 Å². The molecule has 0 aliphatic rings. The lowest BCUT2D eigenvalue weighted by atomic mass is 10.2. The van der Waals surface area contributed by atoms with E-state index >= 15 is 0 Å². The summed E-state index contributed by atoms with van der Waals surface area (Å²) in [6, 6.07) is 6.87. The maximum absolute atomic E-state index is 11.8. The molecule has 0 aliphatic heterocycles. The van der Waals surface area contributed by atoms with Gasteiger partial charge in [0, 0.05) is 17.4 Å². The SMILES string of the molecule is O=S(=O)(Cc1ccccc1Cl)NCc1ncc[nH]1. The number of aromatic nitrogens is 2. The zero-order chi connectivity index (χ0) is 13.0. The second-order valence-corrected chi connectivity index (χ2v) is 5.92. The number of nitrogens with zero attached hydrogens (tertiary/aromatic N) is 1. The first kappa shape index (κ1) is 13.1. The van der Waals surface area contributed by atoms with Crippen molar-refractivity contribution in [3.05, 3.63) is 53.1 Å². The number of hydrogen-bond donors (Lipinski definition) is 2. The first-order valence-electron chi connectivity index (χ1n) is 5.26. The lowest BCUT2D eigenvalue weighted by molar-refractivity contribution is 0.578. The Bertz CT molecular complexity index is 611. The third-order valence-electron chi connectivity index (χ3n) is 2.32. The molecule has 0 aliphatic carbocycles. The summed E-state index contributed by atoms with van der Waals surface area (Å²) >= 11 is 5.92. The van der Waals surface area contributed by atoms with E-state index in [1.54, 1.807) is 36.7 Å². The highest BCUT2D eigenvalue weighted by molar-refractivity contribution is 7.88. The van der Waals surface area contributed by atoms with Crippen LogP contribution in [0, 0.1) is 0 Å². The zero-order valence-electron chi connectivity index (χ0n) is 9.43. The molecule has 2 rings (SSSR count). The number of imidazole rings is 1. The van der Waals surface area contributed by atoms with E-state index in [1.807, 2.05) is 0 Å². The number of benzene rings is 1. The lowest BCUT2D eigenvalue weighted by Gasteiger charge is -2.06. The fourth-order valence-electron chi connectivity index (χ4n) is 1.44. The van der Waals surface area contributed by atoms with Gasteiger partial charge in [0.15, 0.2) is 0 Å². The zero-order valence-corrected chi connectivity index (χ0v) is 11.0. The minimum atomic E-state index is -3.43. The van der Waals surface area contributed by atoms with Gasteiger partial charge in [-0.2, -0.15) is 0 Å². The fraction of sp³-hybridized carbons (Fsp3) is 0.182. The molecule has 1 heterocycles. The van der Waals surface area contributed by atoms with E-state index in [0.717, 1.165) is 0 Å². The summed E-state index contributed by atoms with van der Waals surface area (Å²) in [4.78, 5) is 6.76. The smallest absolute Gasteiger partial charge is 0.216 e. The van der Waals surface area contributed by atoms with Gasteiger partial charge in [-0.3, -0.25) is 0 Å². The minimum absolute atomic E-state index is 0.139. The Balaban J connectivity index is 2.02. The van der Waals surface area contributed by atoms with Gasteiger partial charge in [0.05, 0.1) is 12.3 Å². The van der Waals surface area contributed by atoms with Crippen LogP contribution in [0.5, 0.6) is 0 Å². The van der Waals surface area contributed by atoms with Gasteiger partial charge in [-0.05, 0) is 11.6 Å². The van der Waals surface area contributed by atoms with Crippen molar-refractivity contribution in [3.8, 4) is 0 Å². The van der Waals surface area contributed by atoms with Gasteiger partial charge in [-0.15, -0.1) is 0 Å². The van der Waals surface area contributed by atoms with E-state index in [0.29, 0.717) is 16.4 Å². The number of nitrogens with one attached hydrogen (secondary N) is 2. The molecule has 96 valence electrons. The quantitative estimate of drug-likeness (QED) is 0.878. The van der Waals surface area contributed by atoms with Crippen molar-refractivity contribution in [2.75, 3.05) is 0 Å². The predicted octanol–water partition coefficient (Wildman–Crippen LogP) is 1.68. The Kier molecular flexibility index (Phi) is 4.00. The van der Waals surface area contributed by atoms with Crippen molar-refractivity contribution in [2.24, 2.45) is 0 Å². The first-order chi connectivity index (χ1) is 8.57. The molecule has 0 saturated heterocycles. The maximum Gasteiger partial charge on any atom is 0.216 e. The normalized spacial score (nSPS) is 11.6. The van der Waals surface area contributed by atoms with Crippen molar-refractivity contribution in [1.82, 2.24) is 14.7 Å². The van der Waals surface area contributed by atoms with E-state index in [4.69, 9.17) is 11.6 Å². The molecular formula is C11H12ClN3O2S. The highest BCUT2D eigenvalue weighted by Crippen LogP contribution is 2.17. The molecule has 0 atom stereocenters. The molecule has 0 fully saturated rings. The Labute approximate surface area is 110 Å². The Hall–Kier alpha value is -1.37. The Morgan fingerprint density at radius 2 is 2.11 bits per heavy atom. The average molecular weight is 286 g/mol. The molecule has 0 amide bonds. The van der Waals surface area contributed by atoms with Crippen LogP contribution in [0.3, 0.4) is 0 Å². The molecule has 0 unspecified atom stereocenters. The van der Waals surface area contributed by atoms with E-state index in [9.17, 15) is 8.42 Å². The van der Waals surface area contributed by atoms with Gasteiger partial charge in [0.25, 0.3) is 0 Å². The number of aromatic amines is 1. The van der Waals surface area contributed by atoms with Crippen molar-refractivity contribution >= 4 is 21.6 Å². The standard InChI is InChI=1S/C11H12ClN3O2S/c12-10-4-2-1-3-9(10)8-18(16,17)15-7-11-13-5-6-14-11/h1-6,15H,7-8H2,(H,13,14). The highest BCUT2D eigenvalue weighted by Gasteiger charge is 2.13. The van der Waals surface area contributed by atoms with Crippen LogP contribution in [-0.2, 0) is 22.3 Å². The summed E-state index contributed by atoms with van der Waals surface area (Å²) in [6.45, 7) is 0.139. The van der Waals surface area contributed by atoms with Crippen LogP contribution in [0.15, 0.2) is 36.7 Å². The molecule has 0 saturated carbocycles. The second-order valence-electron chi connectivity index (χ2n) is 3.71. The molecule has 7 heteroatoms. The monoisotopic (exact) mass is 285 g/mol. The largest absolute Gasteiger partial charge is 0.347 e. The van der Waals surface area contributed by atoms with Crippen molar-refractivity contribution in [2.45, 2.75) is 12.3 Å². The Morgan fingerprint density at radius 1 is 1.33 bits per heavy atom. The number of halogens is 1. The second kappa shape index (κ2) is 5.51. The molecule has 1 aromatic carbocycles. The minimum Gasteiger partial charge on any atom is -0.347 e. The first-order valence-corrected chi connectivity index (χ1v) is 7.29. The maximum atomic E-state index is 11.8. The molecule has 0 spiro atoms. The molecule has 2 aromatic rings. The number of H-pyrrole nitrogens is 1. The molecule has 2 N–H and O–H groups in total. The molecule has 0 bridgehead atoms. The van der Waals surface area contributed by atoms with Gasteiger partial charge in [0.1, 0.15) is 5.82 Å². The Morgan fingerprint density at radius 3 is 2.78 bits per heavy atom. The third-order valence-corrected chi connectivity index (χ3v) is 3.96. The van der Waals surface area contributed by atoms with Gasteiger partial charge < -0.3 is 4.98 Å². The van der Waals surface area contributed by atoms with E-state index in [1.165, 1.54) is 0 Å². The van der Waals surface area contributed by atoms with Gasteiger partial charge in [-0.1, -0.05) is 29.8 Å². The van der Waals surface area contributed by atoms with Crippen molar-refractivity contribution in [1.29, 1.82) is 0 Å². The molecule has 5 nitrogen and oxygen atoms in total. The highest BCUT2D eigenvalue weighted by atomic mass is 35.5. The van der Waals surface area contributed by atoms with Crippen LogP contribution in [0.4, 0.5) is 0 Å². The summed E-state index contributed by atoms with van der Waals surface area (Å²) in [5.74, 6) is 0.422. The summed E-state index contributed by atoms with van der Waals surface area (Å²) in [5, 5.41) is 0.445.